The number of nitrogens with zero attached hydrogens (tertiary/aromatic N) is 1. The summed E-state index contributed by atoms with van der Waals surface area (Å²) < 4.78 is 0. The van der Waals surface area contributed by atoms with E-state index in [0.29, 0.717) is 12.1 Å². The molecule has 0 aliphatic heterocycles. The molecule has 1 aromatic heterocycles. The molecule has 1 heterocycles. The first kappa shape index (κ1) is 13.1. The molecule has 0 saturated carbocycles. The van der Waals surface area contributed by atoms with Crippen molar-refractivity contribution < 1.29 is 9.59 Å². The fourth-order valence-corrected chi connectivity index (χ4v) is 1.75. The normalized spacial score (nSPS) is 12.1. The van der Waals surface area contributed by atoms with Crippen molar-refractivity contribution in [3.8, 4) is 0 Å². The second-order valence-corrected chi connectivity index (χ2v) is 4.22. The van der Waals surface area contributed by atoms with Crippen molar-refractivity contribution >= 4 is 22.8 Å². The van der Waals surface area contributed by atoms with Gasteiger partial charge in [-0.15, -0.1) is 0 Å². The van der Waals surface area contributed by atoms with Crippen LogP contribution < -0.4 is 10.6 Å². The van der Waals surface area contributed by atoms with E-state index in [4.69, 9.17) is 0 Å². The van der Waals surface area contributed by atoms with Crippen molar-refractivity contribution in [2.45, 2.75) is 19.9 Å². The van der Waals surface area contributed by atoms with E-state index in [2.05, 4.69) is 20.6 Å². The highest BCUT2D eigenvalue weighted by molar-refractivity contribution is 5.99. The van der Waals surface area contributed by atoms with Gasteiger partial charge in [-0.3, -0.25) is 9.59 Å². The number of hydrogen-bond acceptors (Lipinski definition) is 3. The van der Waals surface area contributed by atoms with E-state index in [0.717, 1.165) is 11.0 Å². The number of benzene rings is 1. The molecule has 0 aliphatic rings. The lowest BCUT2D eigenvalue weighted by Gasteiger charge is -2.13. The smallest absolute Gasteiger partial charge is 0.251 e. The number of carbonyl (C=O) groups excluding carboxylic acids is 2. The van der Waals surface area contributed by atoms with Crippen LogP contribution in [0.4, 0.5) is 0 Å². The minimum atomic E-state index is -0.565. The first-order valence-electron chi connectivity index (χ1n) is 6.13. The Hall–Kier alpha value is -2.37. The topological polar surface area (TPSA) is 86.9 Å². The van der Waals surface area contributed by atoms with Gasteiger partial charge >= 0.3 is 0 Å². The van der Waals surface area contributed by atoms with Crippen LogP contribution in [0.1, 0.15) is 24.2 Å². The molecule has 0 saturated heterocycles. The number of hydrogen-bond donors (Lipinski definition) is 3. The fourth-order valence-electron chi connectivity index (χ4n) is 1.75. The third-order valence-corrected chi connectivity index (χ3v) is 2.77. The largest absolute Gasteiger partial charge is 0.355 e. The highest BCUT2D eigenvalue weighted by atomic mass is 16.2. The van der Waals surface area contributed by atoms with E-state index in [9.17, 15) is 9.59 Å². The zero-order valence-corrected chi connectivity index (χ0v) is 10.9. The number of H-pyrrole nitrogens is 1. The second kappa shape index (κ2) is 5.51. The Bertz CT molecular complexity index is 605. The molecule has 0 spiro atoms. The SMILES string of the molecule is CCNC(=O)C(C)NC(=O)c1ccc2nc[nH]c2c1. The van der Waals surface area contributed by atoms with Gasteiger partial charge in [0.1, 0.15) is 6.04 Å². The van der Waals surface area contributed by atoms with Crippen LogP contribution in [0.5, 0.6) is 0 Å². The Labute approximate surface area is 110 Å². The van der Waals surface area contributed by atoms with Gasteiger partial charge in [0.2, 0.25) is 5.91 Å². The van der Waals surface area contributed by atoms with Crippen molar-refractivity contribution in [1.29, 1.82) is 0 Å². The summed E-state index contributed by atoms with van der Waals surface area (Å²) in [4.78, 5) is 30.6. The maximum atomic E-state index is 12.0. The minimum absolute atomic E-state index is 0.196. The second-order valence-electron chi connectivity index (χ2n) is 4.22. The minimum Gasteiger partial charge on any atom is -0.355 e. The first-order valence-corrected chi connectivity index (χ1v) is 6.13. The van der Waals surface area contributed by atoms with E-state index in [-0.39, 0.29) is 11.8 Å². The van der Waals surface area contributed by atoms with Crippen molar-refractivity contribution in [3.63, 3.8) is 0 Å². The Kier molecular flexibility index (Phi) is 3.79. The Morgan fingerprint density at radius 3 is 2.95 bits per heavy atom. The van der Waals surface area contributed by atoms with Crippen LogP contribution in [0, 0.1) is 0 Å². The van der Waals surface area contributed by atoms with Gasteiger partial charge in [0.15, 0.2) is 0 Å². The predicted octanol–water partition coefficient (Wildman–Crippen LogP) is 0.817. The van der Waals surface area contributed by atoms with Crippen molar-refractivity contribution in [1.82, 2.24) is 20.6 Å². The number of rotatable bonds is 4. The van der Waals surface area contributed by atoms with Gasteiger partial charge in [-0.2, -0.15) is 0 Å². The van der Waals surface area contributed by atoms with Crippen LogP contribution in [-0.2, 0) is 4.79 Å². The number of likely N-dealkylation sites (N-methyl/N-ethyl adjacent to an activating group) is 1. The summed E-state index contributed by atoms with van der Waals surface area (Å²) in [5, 5.41) is 5.31. The molecule has 19 heavy (non-hydrogen) atoms. The van der Waals surface area contributed by atoms with E-state index in [1.54, 1.807) is 31.5 Å². The van der Waals surface area contributed by atoms with E-state index in [1.807, 2.05) is 6.92 Å². The van der Waals surface area contributed by atoms with E-state index >= 15 is 0 Å². The van der Waals surface area contributed by atoms with Gasteiger partial charge in [-0.1, -0.05) is 0 Å². The molecular formula is C13H16N4O2. The maximum absolute atomic E-state index is 12.0. The molecule has 2 amide bonds. The molecule has 1 aromatic carbocycles. The number of amides is 2. The Morgan fingerprint density at radius 1 is 1.42 bits per heavy atom. The van der Waals surface area contributed by atoms with Gasteiger partial charge in [0.25, 0.3) is 5.91 Å². The number of aromatic nitrogens is 2. The molecule has 1 unspecified atom stereocenters. The van der Waals surface area contributed by atoms with Crippen molar-refractivity contribution in [3.05, 3.63) is 30.1 Å². The quantitative estimate of drug-likeness (QED) is 0.760. The summed E-state index contributed by atoms with van der Waals surface area (Å²) in [5.74, 6) is -0.478. The predicted molar refractivity (Wildman–Crippen MR) is 71.7 cm³/mol. The number of fused-ring (bicyclic) bond motifs is 1. The lowest BCUT2D eigenvalue weighted by atomic mass is 10.1. The third kappa shape index (κ3) is 2.90. The molecule has 6 heteroatoms. The number of carbonyl (C=O) groups is 2. The highest BCUT2D eigenvalue weighted by Crippen LogP contribution is 2.11. The Balaban J connectivity index is 2.08. The van der Waals surface area contributed by atoms with Crippen LogP contribution in [-0.4, -0.2) is 34.4 Å². The molecule has 100 valence electrons. The molecule has 0 aliphatic carbocycles. The van der Waals surface area contributed by atoms with E-state index < -0.39 is 6.04 Å². The van der Waals surface area contributed by atoms with Gasteiger partial charge < -0.3 is 15.6 Å². The summed E-state index contributed by atoms with van der Waals surface area (Å²) in [5.41, 5.74) is 2.08. The van der Waals surface area contributed by atoms with Crippen LogP contribution in [0.2, 0.25) is 0 Å². The molecule has 3 N–H and O–H groups in total. The summed E-state index contributed by atoms with van der Waals surface area (Å²) >= 11 is 0. The maximum Gasteiger partial charge on any atom is 0.251 e. The summed E-state index contributed by atoms with van der Waals surface area (Å²) in [6.45, 7) is 4.02. The average Bonchev–Trinajstić information content (AvgIpc) is 2.85. The molecule has 0 fully saturated rings. The van der Waals surface area contributed by atoms with Gasteiger partial charge in [-0.25, -0.2) is 4.98 Å². The number of aromatic amines is 1. The monoisotopic (exact) mass is 260 g/mol. The summed E-state index contributed by atoms with van der Waals surface area (Å²) in [6.07, 6.45) is 1.57. The Morgan fingerprint density at radius 2 is 2.21 bits per heavy atom. The van der Waals surface area contributed by atoms with Crippen LogP contribution >= 0.6 is 0 Å². The third-order valence-electron chi connectivity index (χ3n) is 2.77. The van der Waals surface area contributed by atoms with Crippen LogP contribution in [0.25, 0.3) is 11.0 Å². The molecule has 1 atom stereocenters. The zero-order valence-electron chi connectivity index (χ0n) is 10.9. The van der Waals surface area contributed by atoms with Gasteiger partial charge in [0, 0.05) is 12.1 Å². The van der Waals surface area contributed by atoms with Crippen molar-refractivity contribution in [2.24, 2.45) is 0 Å². The van der Waals surface area contributed by atoms with Crippen LogP contribution in [0.3, 0.4) is 0 Å². The zero-order chi connectivity index (χ0) is 13.8. The molecular weight excluding hydrogens is 244 g/mol. The molecule has 0 bridgehead atoms. The molecule has 2 rings (SSSR count). The summed E-state index contributed by atoms with van der Waals surface area (Å²) in [7, 11) is 0. The average molecular weight is 260 g/mol. The van der Waals surface area contributed by atoms with Gasteiger partial charge in [0.05, 0.1) is 17.4 Å². The molecule has 2 aromatic rings. The number of nitrogens with one attached hydrogen (secondary N) is 3. The lowest BCUT2D eigenvalue weighted by molar-refractivity contribution is -0.122. The molecule has 6 nitrogen and oxygen atoms in total. The van der Waals surface area contributed by atoms with E-state index in [1.165, 1.54) is 0 Å². The fraction of sp³-hybridized carbons (Fsp3) is 0.308. The summed E-state index contributed by atoms with van der Waals surface area (Å²) in [6, 6.07) is 4.59. The standard InChI is InChI=1S/C13H16N4O2/c1-3-14-12(18)8(2)17-13(19)9-4-5-10-11(6-9)16-7-15-10/h4-8H,3H2,1-2H3,(H,14,18)(H,15,16)(H,17,19). The number of imidazole rings is 1. The van der Waals surface area contributed by atoms with Gasteiger partial charge in [-0.05, 0) is 32.0 Å². The highest BCUT2D eigenvalue weighted by Gasteiger charge is 2.16. The van der Waals surface area contributed by atoms with Crippen molar-refractivity contribution in [2.75, 3.05) is 6.54 Å². The van der Waals surface area contributed by atoms with Crippen LogP contribution in [0.15, 0.2) is 24.5 Å². The molecule has 0 radical (unpaired) electrons. The lowest BCUT2D eigenvalue weighted by Crippen LogP contribution is -2.44. The first-order chi connectivity index (χ1) is 9.11.